The first-order chi connectivity index (χ1) is 13.2. The summed E-state index contributed by atoms with van der Waals surface area (Å²) in [4.78, 5) is 15.5. The summed E-state index contributed by atoms with van der Waals surface area (Å²) in [6.45, 7) is 4.67. The van der Waals surface area contributed by atoms with Crippen LogP contribution in [-0.4, -0.2) is 25.6 Å². The van der Waals surface area contributed by atoms with Gasteiger partial charge in [-0.2, -0.15) is 0 Å². The van der Waals surface area contributed by atoms with Crippen molar-refractivity contribution in [2.75, 3.05) is 18.9 Å². The highest BCUT2D eigenvalue weighted by Gasteiger charge is 2.05. The van der Waals surface area contributed by atoms with E-state index in [1.54, 1.807) is 13.1 Å². The molecule has 0 aromatic heterocycles. The van der Waals surface area contributed by atoms with Crippen LogP contribution in [0, 0.1) is 6.92 Å². The van der Waals surface area contributed by atoms with Gasteiger partial charge in [-0.3, -0.25) is 9.79 Å². The molecule has 2 N–H and O–H groups in total. The van der Waals surface area contributed by atoms with Gasteiger partial charge in [-0.25, -0.2) is 0 Å². The first-order valence-corrected chi connectivity index (χ1v) is 9.11. The van der Waals surface area contributed by atoms with Crippen molar-refractivity contribution < 1.29 is 4.79 Å². The first-order valence-electron chi connectivity index (χ1n) is 9.11. The van der Waals surface area contributed by atoms with Crippen molar-refractivity contribution in [1.82, 2.24) is 5.32 Å². The Bertz CT molecular complexity index is 836. The molecule has 0 spiro atoms. The fourth-order valence-corrected chi connectivity index (χ4v) is 2.66. The van der Waals surface area contributed by atoms with Crippen LogP contribution in [0.3, 0.4) is 0 Å². The Morgan fingerprint density at radius 2 is 1.85 bits per heavy atom. The highest BCUT2D eigenvalue weighted by Crippen LogP contribution is 2.11. The minimum Gasteiger partial charge on any atom is -0.379 e. The third-order valence-electron chi connectivity index (χ3n) is 4.09. The SMILES string of the molecule is CC/C(=C\C(=NC)c1cccc(C)c1)N/C(=C\C=O)CNc1ccccc1. The smallest absolute Gasteiger partial charge is 0.144 e. The van der Waals surface area contributed by atoms with E-state index < -0.39 is 0 Å². The number of nitrogens with one attached hydrogen (secondary N) is 2. The van der Waals surface area contributed by atoms with Crippen LogP contribution in [0.1, 0.15) is 24.5 Å². The number of carbonyl (C=O) groups is 1. The van der Waals surface area contributed by atoms with E-state index in [2.05, 4.69) is 47.7 Å². The number of anilines is 1. The standard InChI is InChI=1S/C23H27N3O/c1-4-20(16-23(24-3)19-10-8-9-18(2)15-19)26-22(13-14-27)17-25-21-11-6-5-7-12-21/h5-16,25-26H,4,17H2,1-3H3/b20-16+,22-13-,24-23?. The van der Waals surface area contributed by atoms with Gasteiger partial charge in [-0.15, -0.1) is 0 Å². The van der Waals surface area contributed by atoms with Crippen LogP contribution in [0.2, 0.25) is 0 Å². The third-order valence-corrected chi connectivity index (χ3v) is 4.09. The van der Waals surface area contributed by atoms with Crippen LogP contribution < -0.4 is 10.6 Å². The van der Waals surface area contributed by atoms with Crippen LogP contribution in [0.25, 0.3) is 0 Å². The zero-order valence-electron chi connectivity index (χ0n) is 16.2. The van der Waals surface area contributed by atoms with Gasteiger partial charge in [0.1, 0.15) is 6.29 Å². The molecule has 2 rings (SSSR count). The van der Waals surface area contributed by atoms with Gasteiger partial charge >= 0.3 is 0 Å². The molecular formula is C23H27N3O. The molecule has 4 nitrogen and oxygen atoms in total. The van der Waals surface area contributed by atoms with Gasteiger partial charge in [0.25, 0.3) is 0 Å². The molecule has 27 heavy (non-hydrogen) atoms. The molecule has 0 heterocycles. The molecule has 2 aromatic rings. The number of nitrogens with zero attached hydrogens (tertiary/aromatic N) is 1. The van der Waals surface area contributed by atoms with Gasteiger partial charge in [-0.1, -0.05) is 48.9 Å². The third kappa shape index (κ3) is 6.59. The second kappa shape index (κ2) is 10.8. The molecular weight excluding hydrogens is 334 g/mol. The molecule has 0 saturated carbocycles. The summed E-state index contributed by atoms with van der Waals surface area (Å²) >= 11 is 0. The normalized spacial score (nSPS) is 12.6. The quantitative estimate of drug-likeness (QED) is 0.393. The van der Waals surface area contributed by atoms with E-state index in [0.717, 1.165) is 41.1 Å². The van der Waals surface area contributed by atoms with Crippen molar-refractivity contribution in [3.8, 4) is 0 Å². The van der Waals surface area contributed by atoms with Gasteiger partial charge in [0, 0.05) is 24.1 Å². The fraction of sp³-hybridized carbons (Fsp3) is 0.217. The van der Waals surface area contributed by atoms with Crippen LogP contribution in [-0.2, 0) is 4.79 Å². The van der Waals surface area contributed by atoms with Crippen LogP contribution >= 0.6 is 0 Å². The molecule has 4 heteroatoms. The Morgan fingerprint density at radius 1 is 1.07 bits per heavy atom. The lowest BCUT2D eigenvalue weighted by Crippen LogP contribution is -2.20. The highest BCUT2D eigenvalue weighted by molar-refractivity contribution is 6.09. The lowest BCUT2D eigenvalue weighted by molar-refractivity contribution is -0.104. The highest BCUT2D eigenvalue weighted by atomic mass is 16.1. The monoisotopic (exact) mass is 361 g/mol. The predicted octanol–water partition coefficient (Wildman–Crippen LogP) is 4.49. The predicted molar refractivity (Wildman–Crippen MR) is 114 cm³/mol. The van der Waals surface area contributed by atoms with Crippen molar-refractivity contribution in [2.45, 2.75) is 20.3 Å². The molecule has 0 aliphatic carbocycles. The molecule has 140 valence electrons. The number of benzene rings is 2. The molecule has 0 atom stereocenters. The van der Waals surface area contributed by atoms with Gasteiger partial charge in [0.05, 0.1) is 12.3 Å². The summed E-state index contributed by atoms with van der Waals surface area (Å²) in [5, 5.41) is 6.69. The zero-order chi connectivity index (χ0) is 19.5. The van der Waals surface area contributed by atoms with Crippen LogP contribution in [0.4, 0.5) is 5.69 Å². The van der Waals surface area contributed by atoms with Crippen molar-refractivity contribution in [1.29, 1.82) is 0 Å². The van der Waals surface area contributed by atoms with Gasteiger partial charge in [-0.05, 0) is 49.3 Å². The van der Waals surface area contributed by atoms with E-state index in [1.165, 1.54) is 5.56 Å². The van der Waals surface area contributed by atoms with Gasteiger partial charge in [0.2, 0.25) is 0 Å². The first kappa shape index (κ1) is 20.2. The molecule has 2 aromatic carbocycles. The Balaban J connectivity index is 2.14. The summed E-state index contributed by atoms with van der Waals surface area (Å²) < 4.78 is 0. The van der Waals surface area contributed by atoms with Crippen LogP contribution in [0.15, 0.2) is 83.1 Å². The van der Waals surface area contributed by atoms with Crippen molar-refractivity contribution >= 4 is 17.7 Å². The van der Waals surface area contributed by atoms with E-state index in [4.69, 9.17) is 0 Å². The zero-order valence-corrected chi connectivity index (χ0v) is 16.2. The van der Waals surface area contributed by atoms with E-state index in [9.17, 15) is 4.79 Å². The fourth-order valence-electron chi connectivity index (χ4n) is 2.66. The summed E-state index contributed by atoms with van der Waals surface area (Å²) in [7, 11) is 1.79. The summed E-state index contributed by atoms with van der Waals surface area (Å²) in [5.74, 6) is 0. The number of aldehydes is 1. The largest absolute Gasteiger partial charge is 0.379 e. The topological polar surface area (TPSA) is 53.5 Å². The maximum absolute atomic E-state index is 11.0. The molecule has 0 saturated heterocycles. The van der Waals surface area contributed by atoms with Crippen molar-refractivity contribution in [2.24, 2.45) is 4.99 Å². The number of allylic oxidation sites excluding steroid dienone is 3. The van der Waals surface area contributed by atoms with Gasteiger partial charge in [0.15, 0.2) is 0 Å². The number of para-hydroxylation sites is 1. The summed E-state index contributed by atoms with van der Waals surface area (Å²) in [6, 6.07) is 18.2. The number of aryl methyl sites for hydroxylation is 1. The molecule has 0 aliphatic rings. The Labute approximate surface area is 161 Å². The minimum atomic E-state index is 0.531. The van der Waals surface area contributed by atoms with Crippen molar-refractivity contribution in [3.63, 3.8) is 0 Å². The average molecular weight is 361 g/mol. The number of carbonyl (C=O) groups excluding carboxylic acids is 1. The number of hydrogen-bond acceptors (Lipinski definition) is 4. The Morgan fingerprint density at radius 3 is 2.48 bits per heavy atom. The summed E-state index contributed by atoms with van der Waals surface area (Å²) in [6.07, 6.45) is 5.19. The average Bonchev–Trinajstić information content (AvgIpc) is 2.70. The molecule has 0 unspecified atom stereocenters. The molecule has 0 bridgehead atoms. The molecule has 0 aliphatic heterocycles. The maximum Gasteiger partial charge on any atom is 0.144 e. The second-order valence-corrected chi connectivity index (χ2v) is 6.17. The van der Waals surface area contributed by atoms with E-state index in [0.29, 0.717) is 6.54 Å². The van der Waals surface area contributed by atoms with E-state index in [-0.39, 0.29) is 0 Å². The molecule has 0 amide bonds. The molecule has 0 fully saturated rings. The number of hydrogen-bond donors (Lipinski definition) is 2. The minimum absolute atomic E-state index is 0.531. The lowest BCUT2D eigenvalue weighted by atomic mass is 10.1. The Hall–Kier alpha value is -3.14. The Kier molecular flexibility index (Phi) is 8.04. The van der Waals surface area contributed by atoms with E-state index in [1.807, 2.05) is 42.5 Å². The number of rotatable bonds is 9. The van der Waals surface area contributed by atoms with Crippen LogP contribution in [0.5, 0.6) is 0 Å². The second-order valence-electron chi connectivity index (χ2n) is 6.17. The molecule has 0 radical (unpaired) electrons. The van der Waals surface area contributed by atoms with Gasteiger partial charge < -0.3 is 10.6 Å². The summed E-state index contributed by atoms with van der Waals surface area (Å²) in [5.41, 5.74) is 6.00. The number of aliphatic imine (C=N–C) groups is 1. The maximum atomic E-state index is 11.0. The van der Waals surface area contributed by atoms with E-state index >= 15 is 0 Å². The lowest BCUT2D eigenvalue weighted by Gasteiger charge is -2.15. The van der Waals surface area contributed by atoms with Crippen molar-refractivity contribution in [3.05, 3.63) is 89.3 Å².